The van der Waals surface area contributed by atoms with Gasteiger partial charge in [0.1, 0.15) is 11.5 Å². The summed E-state index contributed by atoms with van der Waals surface area (Å²) in [4.78, 5) is 27.3. The number of aliphatic hydroxyl groups excluding tert-OH is 1. The highest BCUT2D eigenvalue weighted by atomic mass is 16.5. The van der Waals surface area contributed by atoms with Gasteiger partial charge >= 0.3 is 0 Å². The molecule has 2 aromatic carbocycles. The van der Waals surface area contributed by atoms with Gasteiger partial charge < -0.3 is 29.0 Å². The van der Waals surface area contributed by atoms with E-state index < -0.39 is 17.7 Å². The molecule has 1 amide bonds. The molecule has 8 nitrogen and oxygen atoms in total. The monoisotopic (exact) mass is 441 g/mol. The summed E-state index contributed by atoms with van der Waals surface area (Å²) in [7, 11) is 6.10. The number of hydrogen-bond donors (Lipinski definition) is 1. The van der Waals surface area contributed by atoms with Gasteiger partial charge in [-0.15, -0.1) is 0 Å². The number of aliphatic hydroxyl groups is 1. The van der Waals surface area contributed by atoms with Crippen LogP contribution in [0.5, 0.6) is 17.2 Å². The quantitative estimate of drug-likeness (QED) is 0.382. The zero-order valence-electron chi connectivity index (χ0n) is 18.8. The zero-order valence-corrected chi connectivity index (χ0v) is 18.8. The van der Waals surface area contributed by atoms with Crippen molar-refractivity contribution < 1.29 is 33.6 Å². The van der Waals surface area contributed by atoms with Crippen molar-refractivity contribution in [1.82, 2.24) is 4.90 Å². The number of aryl methyl sites for hydroxylation is 1. The minimum absolute atomic E-state index is 0.00268. The lowest BCUT2D eigenvalue weighted by Crippen LogP contribution is -2.32. The summed E-state index contributed by atoms with van der Waals surface area (Å²) < 4.78 is 21.1. The molecule has 1 N–H and O–H groups in total. The normalized spacial score (nSPS) is 17.5. The van der Waals surface area contributed by atoms with Crippen LogP contribution in [0.15, 0.2) is 42.0 Å². The first-order chi connectivity index (χ1) is 15.4. The standard InChI is InChI=1S/C24H27NO7/c1-14-12-16(7-8-17(14)30-3)22(26)20-21(25(10-11-29-2)24(28)23(20)27)15-6-9-18(31-4)19(13-15)32-5/h6-9,12-13,21,26H,10-11H2,1-5H3/t21-/m1/s1. The molecule has 0 saturated carbocycles. The summed E-state index contributed by atoms with van der Waals surface area (Å²) >= 11 is 0. The molecule has 0 bridgehead atoms. The van der Waals surface area contributed by atoms with Crippen molar-refractivity contribution in [3.05, 3.63) is 58.7 Å². The number of methoxy groups -OCH3 is 4. The van der Waals surface area contributed by atoms with Crippen molar-refractivity contribution in [2.75, 3.05) is 41.6 Å². The van der Waals surface area contributed by atoms with Gasteiger partial charge in [-0.3, -0.25) is 9.59 Å². The van der Waals surface area contributed by atoms with Gasteiger partial charge in [0.15, 0.2) is 11.5 Å². The Morgan fingerprint density at radius 2 is 1.59 bits per heavy atom. The SMILES string of the molecule is COCCN1C(=O)C(=O)C(=C(O)c2ccc(OC)c(C)c2)[C@H]1c1ccc(OC)c(OC)c1. The molecule has 1 aliphatic heterocycles. The van der Waals surface area contributed by atoms with E-state index in [2.05, 4.69) is 0 Å². The Balaban J connectivity index is 2.20. The molecule has 3 rings (SSSR count). The molecule has 32 heavy (non-hydrogen) atoms. The van der Waals surface area contributed by atoms with E-state index in [0.717, 1.165) is 5.56 Å². The number of ketones is 1. The van der Waals surface area contributed by atoms with Crippen LogP contribution in [0.2, 0.25) is 0 Å². The van der Waals surface area contributed by atoms with E-state index >= 15 is 0 Å². The lowest BCUT2D eigenvalue weighted by molar-refractivity contribution is -0.140. The Morgan fingerprint density at radius 1 is 0.938 bits per heavy atom. The summed E-state index contributed by atoms with van der Waals surface area (Å²) in [5.74, 6) is -0.105. The number of carbonyl (C=O) groups excluding carboxylic acids is 2. The second kappa shape index (κ2) is 9.74. The van der Waals surface area contributed by atoms with Gasteiger partial charge in [-0.2, -0.15) is 0 Å². The fourth-order valence-electron chi connectivity index (χ4n) is 3.85. The van der Waals surface area contributed by atoms with E-state index in [-0.39, 0.29) is 24.5 Å². The summed E-state index contributed by atoms with van der Waals surface area (Å²) in [6.45, 7) is 2.25. The highest BCUT2D eigenvalue weighted by Gasteiger charge is 2.46. The molecule has 1 aliphatic rings. The van der Waals surface area contributed by atoms with Gasteiger partial charge in [0.05, 0.1) is 39.6 Å². The van der Waals surface area contributed by atoms with Crippen LogP contribution in [-0.2, 0) is 14.3 Å². The van der Waals surface area contributed by atoms with Crippen molar-refractivity contribution in [3.8, 4) is 17.2 Å². The van der Waals surface area contributed by atoms with Crippen LogP contribution in [0, 0.1) is 6.92 Å². The van der Waals surface area contributed by atoms with E-state index in [9.17, 15) is 14.7 Å². The summed E-state index contributed by atoms with van der Waals surface area (Å²) in [5, 5.41) is 11.2. The Bertz CT molecular complexity index is 1060. The van der Waals surface area contributed by atoms with E-state index in [1.165, 1.54) is 26.2 Å². The maximum absolute atomic E-state index is 13.0. The number of Topliss-reactive ketones (excluding diaryl/α,β-unsaturated/α-hetero) is 1. The molecule has 0 aliphatic carbocycles. The number of amides is 1. The van der Waals surface area contributed by atoms with Crippen LogP contribution >= 0.6 is 0 Å². The predicted molar refractivity (Wildman–Crippen MR) is 118 cm³/mol. The molecule has 0 unspecified atom stereocenters. The smallest absolute Gasteiger partial charge is 0.295 e. The Kier molecular flexibility index (Phi) is 7.05. The fraction of sp³-hybridized carbons (Fsp3) is 0.333. The highest BCUT2D eigenvalue weighted by molar-refractivity contribution is 6.46. The van der Waals surface area contributed by atoms with Gasteiger partial charge in [-0.25, -0.2) is 0 Å². The van der Waals surface area contributed by atoms with Gasteiger partial charge in [0, 0.05) is 19.2 Å². The van der Waals surface area contributed by atoms with Gasteiger partial charge in [-0.05, 0) is 48.4 Å². The van der Waals surface area contributed by atoms with Gasteiger partial charge in [0.2, 0.25) is 0 Å². The zero-order chi connectivity index (χ0) is 23.4. The summed E-state index contributed by atoms with van der Waals surface area (Å²) in [6.07, 6.45) is 0. The van der Waals surface area contributed by atoms with Crippen molar-refractivity contribution in [3.63, 3.8) is 0 Å². The number of hydrogen-bond acceptors (Lipinski definition) is 7. The maximum atomic E-state index is 13.0. The molecule has 2 aromatic rings. The van der Waals surface area contributed by atoms with Crippen LogP contribution in [0.25, 0.3) is 5.76 Å². The topological polar surface area (TPSA) is 94.5 Å². The largest absolute Gasteiger partial charge is 0.507 e. The average Bonchev–Trinajstić information content (AvgIpc) is 3.06. The second-order valence-corrected chi connectivity index (χ2v) is 7.28. The first-order valence-electron chi connectivity index (χ1n) is 10.0. The lowest BCUT2D eigenvalue weighted by atomic mass is 9.94. The molecule has 1 saturated heterocycles. The molecule has 8 heteroatoms. The predicted octanol–water partition coefficient (Wildman–Crippen LogP) is 3.09. The molecule has 0 radical (unpaired) electrons. The number of benzene rings is 2. The molecule has 0 aromatic heterocycles. The van der Waals surface area contributed by atoms with Gasteiger partial charge in [-0.1, -0.05) is 6.07 Å². The summed E-state index contributed by atoms with van der Waals surface area (Å²) in [6, 6.07) is 9.38. The van der Waals surface area contributed by atoms with Crippen molar-refractivity contribution in [1.29, 1.82) is 0 Å². The van der Waals surface area contributed by atoms with Crippen LogP contribution in [0.1, 0.15) is 22.7 Å². The van der Waals surface area contributed by atoms with Crippen LogP contribution in [0.4, 0.5) is 0 Å². The molecular formula is C24H27NO7. The van der Waals surface area contributed by atoms with Crippen molar-refractivity contribution in [2.45, 2.75) is 13.0 Å². The number of rotatable bonds is 8. The Morgan fingerprint density at radius 3 is 2.19 bits per heavy atom. The summed E-state index contributed by atoms with van der Waals surface area (Å²) in [5.41, 5.74) is 1.80. The van der Waals surface area contributed by atoms with E-state index in [0.29, 0.717) is 28.4 Å². The fourth-order valence-corrected chi connectivity index (χ4v) is 3.85. The van der Waals surface area contributed by atoms with Crippen molar-refractivity contribution >= 4 is 17.4 Å². The maximum Gasteiger partial charge on any atom is 0.295 e. The van der Waals surface area contributed by atoms with E-state index in [1.54, 1.807) is 43.5 Å². The van der Waals surface area contributed by atoms with Crippen LogP contribution < -0.4 is 14.2 Å². The molecule has 1 atom stereocenters. The second-order valence-electron chi connectivity index (χ2n) is 7.28. The highest BCUT2D eigenvalue weighted by Crippen LogP contribution is 2.42. The Labute approximate surface area is 187 Å². The lowest BCUT2D eigenvalue weighted by Gasteiger charge is -2.25. The molecule has 1 heterocycles. The van der Waals surface area contributed by atoms with Gasteiger partial charge in [0.25, 0.3) is 11.7 Å². The van der Waals surface area contributed by atoms with Crippen molar-refractivity contribution in [2.24, 2.45) is 0 Å². The minimum atomic E-state index is -0.813. The third kappa shape index (κ3) is 4.13. The van der Waals surface area contributed by atoms with E-state index in [4.69, 9.17) is 18.9 Å². The molecular weight excluding hydrogens is 414 g/mol. The van der Waals surface area contributed by atoms with Crippen LogP contribution in [-0.4, -0.2) is 63.3 Å². The number of likely N-dealkylation sites (tertiary alicyclic amines) is 1. The molecule has 1 fully saturated rings. The number of carbonyl (C=O) groups is 2. The average molecular weight is 441 g/mol. The van der Waals surface area contributed by atoms with Crippen LogP contribution in [0.3, 0.4) is 0 Å². The molecule has 0 spiro atoms. The van der Waals surface area contributed by atoms with E-state index in [1.807, 2.05) is 6.92 Å². The molecule has 170 valence electrons. The first-order valence-corrected chi connectivity index (χ1v) is 10.0. The minimum Gasteiger partial charge on any atom is -0.507 e. The first kappa shape index (κ1) is 23.1. The number of nitrogens with zero attached hydrogens (tertiary/aromatic N) is 1. The Hall–Kier alpha value is -3.52. The third-order valence-corrected chi connectivity index (χ3v) is 5.47. The third-order valence-electron chi connectivity index (χ3n) is 5.47. The number of ether oxygens (including phenoxy) is 4.